The van der Waals surface area contributed by atoms with Crippen LogP contribution in [0.15, 0.2) is 43.0 Å². The van der Waals surface area contributed by atoms with Gasteiger partial charge in [0.05, 0.1) is 28.6 Å². The van der Waals surface area contributed by atoms with Gasteiger partial charge in [-0.3, -0.25) is 10.3 Å². The van der Waals surface area contributed by atoms with Gasteiger partial charge in [-0.15, -0.1) is 0 Å². The number of urea groups is 1. The number of aromatic nitrogens is 5. The number of nitrogens with one attached hydrogen (secondary N) is 2. The van der Waals surface area contributed by atoms with Gasteiger partial charge in [0, 0.05) is 36.7 Å². The van der Waals surface area contributed by atoms with E-state index in [4.69, 9.17) is 14.7 Å². The third kappa shape index (κ3) is 7.52. The van der Waals surface area contributed by atoms with E-state index in [-0.39, 0.29) is 12.1 Å². The van der Waals surface area contributed by atoms with Crippen molar-refractivity contribution in [2.75, 3.05) is 25.5 Å². The molecule has 0 spiro atoms. The molecule has 11 heteroatoms. The molecule has 1 aliphatic rings. The Hall–Kier alpha value is -3.96. The van der Waals surface area contributed by atoms with Crippen molar-refractivity contribution in [1.82, 2.24) is 35.1 Å². The van der Waals surface area contributed by atoms with Crippen LogP contribution < -0.4 is 15.4 Å². The second-order valence-corrected chi connectivity index (χ2v) is 12.0. The van der Waals surface area contributed by atoms with E-state index in [1.54, 1.807) is 24.8 Å². The van der Waals surface area contributed by atoms with E-state index in [1.165, 1.54) is 24.2 Å². The highest BCUT2D eigenvalue weighted by Crippen LogP contribution is 2.35. The first-order valence-electron chi connectivity index (χ1n) is 15.0. The summed E-state index contributed by atoms with van der Waals surface area (Å²) < 4.78 is 6.24. The van der Waals surface area contributed by atoms with Gasteiger partial charge in [0.25, 0.3) is 0 Å². The van der Waals surface area contributed by atoms with Crippen LogP contribution in [0, 0.1) is 13.8 Å². The number of amides is 2. The number of hydrogen-bond donors (Lipinski definition) is 2. The predicted molar refractivity (Wildman–Crippen MR) is 171 cm³/mol. The van der Waals surface area contributed by atoms with E-state index >= 15 is 0 Å². The molecule has 0 aliphatic carbocycles. The van der Waals surface area contributed by atoms with E-state index < -0.39 is 0 Å². The van der Waals surface area contributed by atoms with Crippen LogP contribution in [0.4, 0.5) is 9.93 Å². The minimum atomic E-state index is -0.257. The van der Waals surface area contributed by atoms with Crippen molar-refractivity contribution in [2.45, 2.75) is 71.9 Å². The number of anilines is 1. The number of carbonyl (C=O) groups is 1. The summed E-state index contributed by atoms with van der Waals surface area (Å²) in [5.74, 6) is 1.33. The summed E-state index contributed by atoms with van der Waals surface area (Å²) in [4.78, 5) is 38.6. The third-order valence-corrected chi connectivity index (χ3v) is 8.84. The van der Waals surface area contributed by atoms with E-state index in [2.05, 4.69) is 77.4 Å². The van der Waals surface area contributed by atoms with Crippen molar-refractivity contribution in [3.8, 4) is 39.1 Å². The van der Waals surface area contributed by atoms with Crippen LogP contribution in [0.2, 0.25) is 0 Å². The summed E-state index contributed by atoms with van der Waals surface area (Å²) in [7, 11) is 2.14. The summed E-state index contributed by atoms with van der Waals surface area (Å²) in [6, 6.07) is 6.38. The molecule has 1 unspecified atom stereocenters. The van der Waals surface area contributed by atoms with Crippen molar-refractivity contribution in [2.24, 2.45) is 0 Å². The molecule has 10 nitrogen and oxygen atoms in total. The van der Waals surface area contributed by atoms with Gasteiger partial charge < -0.3 is 15.0 Å². The summed E-state index contributed by atoms with van der Waals surface area (Å²) in [5.41, 5.74) is 5.17. The van der Waals surface area contributed by atoms with Crippen LogP contribution in [0.3, 0.4) is 0 Å². The molecule has 1 fully saturated rings. The number of benzene rings is 1. The fourth-order valence-corrected chi connectivity index (χ4v) is 6.33. The maximum absolute atomic E-state index is 12.6. The molecule has 5 rings (SSSR count). The molecule has 0 bridgehead atoms. The highest BCUT2D eigenvalue weighted by molar-refractivity contribution is 7.19. The lowest BCUT2D eigenvalue weighted by Crippen LogP contribution is -2.34. The molecule has 0 saturated carbocycles. The Morgan fingerprint density at radius 1 is 1.05 bits per heavy atom. The van der Waals surface area contributed by atoms with Crippen LogP contribution >= 0.6 is 11.3 Å². The topological polar surface area (TPSA) is 118 Å². The van der Waals surface area contributed by atoms with Crippen LogP contribution in [0.25, 0.3) is 33.3 Å². The third-order valence-electron chi connectivity index (χ3n) is 7.91. The molecule has 1 atom stereocenters. The van der Waals surface area contributed by atoms with E-state index in [0.717, 1.165) is 58.8 Å². The average molecular weight is 601 g/mol. The van der Waals surface area contributed by atoms with Crippen molar-refractivity contribution < 1.29 is 9.53 Å². The second-order valence-electron chi connectivity index (χ2n) is 11.0. The number of likely N-dealkylation sites (tertiary alicyclic amines) is 1. The molecule has 1 aliphatic heterocycles. The zero-order valence-corrected chi connectivity index (χ0v) is 26.4. The molecule has 1 saturated heterocycles. The zero-order valence-electron chi connectivity index (χ0n) is 25.6. The van der Waals surface area contributed by atoms with Crippen LogP contribution in [0.5, 0.6) is 5.75 Å². The lowest BCUT2D eigenvalue weighted by atomic mass is 9.98. The fraction of sp³-hybridized carbons (Fsp3) is 0.438. The Kier molecular flexibility index (Phi) is 9.93. The monoisotopic (exact) mass is 600 g/mol. The molecule has 1 aromatic carbocycles. The highest BCUT2D eigenvalue weighted by Gasteiger charge is 2.21. The normalized spacial score (nSPS) is 15.2. The van der Waals surface area contributed by atoms with Gasteiger partial charge in [0.15, 0.2) is 11.0 Å². The Morgan fingerprint density at radius 2 is 1.81 bits per heavy atom. The van der Waals surface area contributed by atoms with Crippen molar-refractivity contribution in [3.05, 3.63) is 54.1 Å². The van der Waals surface area contributed by atoms with E-state index in [1.807, 2.05) is 6.07 Å². The van der Waals surface area contributed by atoms with E-state index in [9.17, 15) is 4.79 Å². The Morgan fingerprint density at radius 3 is 2.49 bits per heavy atom. The van der Waals surface area contributed by atoms with Gasteiger partial charge in [0.1, 0.15) is 11.4 Å². The fourth-order valence-electron chi connectivity index (χ4n) is 5.56. The van der Waals surface area contributed by atoms with Gasteiger partial charge in [-0.05, 0) is 88.9 Å². The minimum absolute atomic E-state index is 0.184. The van der Waals surface area contributed by atoms with E-state index in [0.29, 0.717) is 34.9 Å². The van der Waals surface area contributed by atoms with Gasteiger partial charge in [-0.1, -0.05) is 25.2 Å². The first-order chi connectivity index (χ1) is 20.8. The number of hydrogen-bond acceptors (Lipinski definition) is 9. The predicted octanol–water partition coefficient (Wildman–Crippen LogP) is 6.51. The molecular weight excluding hydrogens is 560 g/mol. The summed E-state index contributed by atoms with van der Waals surface area (Å²) in [6.07, 6.45) is 12.1. The van der Waals surface area contributed by atoms with Gasteiger partial charge >= 0.3 is 6.03 Å². The van der Waals surface area contributed by atoms with Gasteiger partial charge in [-0.25, -0.2) is 24.7 Å². The summed E-state index contributed by atoms with van der Waals surface area (Å²) >= 11 is 1.37. The molecule has 3 aromatic heterocycles. The number of thiazole rings is 1. The molecule has 2 amide bonds. The number of rotatable bonds is 11. The Labute approximate surface area is 257 Å². The zero-order chi connectivity index (χ0) is 30.3. The van der Waals surface area contributed by atoms with Crippen LogP contribution in [0.1, 0.15) is 57.1 Å². The standard InChI is InChI=1S/C32H40N8O2S/c1-6-23(7-2)42-24-15-20(3)29(21(4)16-24)26-17-25(37-30(38-26)27-18-33-12-13-34-27)28-19-36-32(43-28)39-31(41)35-11-10-22-9-8-14-40(22)5/h12-13,15-19,22-23H,6-11,14H2,1-5H3,(H2,35,36,39,41). The number of nitrogens with zero attached hydrogens (tertiary/aromatic N) is 6. The molecule has 43 heavy (non-hydrogen) atoms. The maximum atomic E-state index is 12.6. The van der Waals surface area contributed by atoms with Crippen molar-refractivity contribution in [1.29, 1.82) is 0 Å². The molecule has 2 N–H and O–H groups in total. The Balaban J connectivity index is 1.40. The SMILES string of the molecule is CCC(CC)Oc1cc(C)c(-c2cc(-c3cnc(NC(=O)NCCC4CCCN4C)s3)nc(-c3cnccn3)n2)c(C)c1. The number of ether oxygens (including phenoxy) is 1. The minimum Gasteiger partial charge on any atom is -0.490 e. The van der Waals surface area contributed by atoms with Crippen LogP contribution in [-0.2, 0) is 0 Å². The highest BCUT2D eigenvalue weighted by atomic mass is 32.1. The largest absolute Gasteiger partial charge is 0.490 e. The average Bonchev–Trinajstić information content (AvgIpc) is 3.64. The van der Waals surface area contributed by atoms with Crippen molar-refractivity contribution >= 4 is 22.5 Å². The molecule has 4 aromatic rings. The number of aryl methyl sites for hydroxylation is 2. The van der Waals surface area contributed by atoms with Gasteiger partial charge in [-0.2, -0.15) is 0 Å². The maximum Gasteiger partial charge on any atom is 0.321 e. The van der Waals surface area contributed by atoms with Crippen LogP contribution in [-0.4, -0.2) is 68.1 Å². The first kappa shape index (κ1) is 30.5. The number of carbonyl (C=O) groups excluding carboxylic acids is 1. The molecular formula is C32H40N8O2S. The van der Waals surface area contributed by atoms with Crippen molar-refractivity contribution in [3.63, 3.8) is 0 Å². The second kappa shape index (κ2) is 14.0. The quantitative estimate of drug-likeness (QED) is 0.200. The smallest absolute Gasteiger partial charge is 0.321 e. The molecule has 0 radical (unpaired) electrons. The Bertz CT molecular complexity index is 1520. The molecule has 4 heterocycles. The first-order valence-corrected chi connectivity index (χ1v) is 15.8. The summed E-state index contributed by atoms with van der Waals surface area (Å²) in [6.45, 7) is 10.2. The lowest BCUT2D eigenvalue weighted by molar-refractivity contribution is 0.192. The van der Waals surface area contributed by atoms with Gasteiger partial charge in [0.2, 0.25) is 0 Å². The summed E-state index contributed by atoms with van der Waals surface area (Å²) in [5, 5.41) is 6.34. The molecule has 226 valence electrons. The lowest BCUT2D eigenvalue weighted by Gasteiger charge is -2.19.